The van der Waals surface area contributed by atoms with Crippen molar-refractivity contribution >= 4 is 5.69 Å². The van der Waals surface area contributed by atoms with E-state index >= 15 is 0 Å². The molecule has 0 aliphatic carbocycles. The molecule has 0 aliphatic heterocycles. The highest BCUT2D eigenvalue weighted by atomic mass is 16.6. The van der Waals surface area contributed by atoms with Gasteiger partial charge < -0.3 is 5.11 Å². The Morgan fingerprint density at radius 3 is 2.40 bits per heavy atom. The van der Waals surface area contributed by atoms with E-state index in [0.29, 0.717) is 11.8 Å². The molecule has 20 heavy (non-hydrogen) atoms. The molecule has 4 heteroatoms. The lowest BCUT2D eigenvalue weighted by Crippen LogP contribution is -2.20. The van der Waals surface area contributed by atoms with Crippen molar-refractivity contribution in [2.75, 3.05) is 0 Å². The Kier molecular flexibility index (Phi) is 5.15. The Bertz CT molecular complexity index is 477. The highest BCUT2D eigenvalue weighted by molar-refractivity contribution is 5.47. The molecule has 1 aromatic carbocycles. The number of nitrogens with zero attached hydrogens (tertiary/aromatic N) is 1. The molecule has 4 nitrogen and oxygen atoms in total. The quantitative estimate of drug-likeness (QED) is 0.635. The Morgan fingerprint density at radius 2 is 1.90 bits per heavy atom. The molecule has 0 heterocycles. The monoisotopic (exact) mass is 279 g/mol. The van der Waals surface area contributed by atoms with Gasteiger partial charge in [-0.15, -0.1) is 0 Å². The van der Waals surface area contributed by atoms with Crippen LogP contribution in [0.4, 0.5) is 5.69 Å². The molecular formula is C16H25NO3. The Labute approximate surface area is 121 Å². The van der Waals surface area contributed by atoms with Gasteiger partial charge in [0.05, 0.1) is 4.92 Å². The van der Waals surface area contributed by atoms with E-state index in [4.69, 9.17) is 0 Å². The second-order valence-electron chi connectivity index (χ2n) is 6.89. The number of nitro benzene ring substituents is 1. The lowest BCUT2D eigenvalue weighted by molar-refractivity contribution is -0.385. The van der Waals surface area contributed by atoms with Crippen molar-refractivity contribution in [1.29, 1.82) is 0 Å². The maximum atomic E-state index is 10.8. The molecule has 1 aromatic rings. The third-order valence-corrected chi connectivity index (χ3v) is 4.06. The Morgan fingerprint density at radius 1 is 1.30 bits per heavy atom. The molecule has 112 valence electrons. The summed E-state index contributed by atoms with van der Waals surface area (Å²) in [7, 11) is 0. The van der Waals surface area contributed by atoms with E-state index in [-0.39, 0.29) is 16.9 Å². The lowest BCUT2D eigenvalue weighted by atomic mass is 9.76. The molecule has 0 radical (unpaired) electrons. The maximum absolute atomic E-state index is 10.8. The van der Waals surface area contributed by atoms with Crippen LogP contribution in [-0.2, 0) is 6.42 Å². The van der Waals surface area contributed by atoms with E-state index in [2.05, 4.69) is 34.6 Å². The first-order valence-corrected chi connectivity index (χ1v) is 7.07. The van der Waals surface area contributed by atoms with Crippen LogP contribution in [0.15, 0.2) is 18.2 Å². The molecule has 0 bridgehead atoms. The van der Waals surface area contributed by atoms with Gasteiger partial charge in [0, 0.05) is 6.07 Å². The predicted molar refractivity (Wildman–Crippen MR) is 80.9 cm³/mol. The van der Waals surface area contributed by atoms with Crippen molar-refractivity contribution in [3.8, 4) is 5.75 Å². The average Bonchev–Trinajstić information content (AvgIpc) is 2.29. The zero-order chi connectivity index (χ0) is 15.5. The number of phenols is 1. The van der Waals surface area contributed by atoms with E-state index in [1.54, 1.807) is 6.07 Å². The summed E-state index contributed by atoms with van der Waals surface area (Å²) >= 11 is 0. The van der Waals surface area contributed by atoms with Crippen molar-refractivity contribution in [3.63, 3.8) is 0 Å². The molecule has 0 saturated heterocycles. The van der Waals surface area contributed by atoms with Gasteiger partial charge in [0.15, 0.2) is 5.75 Å². The second kappa shape index (κ2) is 6.25. The normalized spacial score (nSPS) is 14.8. The number of rotatable bonds is 5. The van der Waals surface area contributed by atoms with Crippen LogP contribution in [0.3, 0.4) is 0 Å². The third-order valence-electron chi connectivity index (χ3n) is 4.06. The van der Waals surface area contributed by atoms with Crippen molar-refractivity contribution < 1.29 is 10.0 Å². The van der Waals surface area contributed by atoms with Crippen LogP contribution in [0.25, 0.3) is 0 Å². The van der Waals surface area contributed by atoms with Crippen molar-refractivity contribution in [3.05, 3.63) is 33.9 Å². The summed E-state index contributed by atoms with van der Waals surface area (Å²) in [4.78, 5) is 10.3. The summed E-state index contributed by atoms with van der Waals surface area (Å²) in [6.45, 7) is 11.1. The molecule has 1 N–H and O–H groups in total. The van der Waals surface area contributed by atoms with Gasteiger partial charge in [-0.05, 0) is 41.7 Å². The molecule has 2 atom stereocenters. The number of aromatic hydroxyl groups is 1. The van der Waals surface area contributed by atoms with Gasteiger partial charge in [0.25, 0.3) is 0 Å². The van der Waals surface area contributed by atoms with E-state index in [9.17, 15) is 15.2 Å². The first-order valence-electron chi connectivity index (χ1n) is 7.07. The van der Waals surface area contributed by atoms with Crippen LogP contribution < -0.4 is 0 Å². The summed E-state index contributed by atoms with van der Waals surface area (Å²) in [6, 6.07) is 4.65. The largest absolute Gasteiger partial charge is 0.502 e. The molecule has 1 unspecified atom stereocenters. The molecule has 0 amide bonds. The van der Waals surface area contributed by atoms with Gasteiger partial charge in [0.2, 0.25) is 0 Å². The van der Waals surface area contributed by atoms with Gasteiger partial charge in [-0.3, -0.25) is 10.1 Å². The van der Waals surface area contributed by atoms with Crippen molar-refractivity contribution in [2.45, 2.75) is 47.5 Å². The maximum Gasteiger partial charge on any atom is 0.310 e. The number of hydrogen-bond acceptors (Lipinski definition) is 3. The predicted octanol–water partition coefficient (Wildman–Crippen LogP) is 4.55. The first-order chi connectivity index (χ1) is 9.11. The minimum atomic E-state index is -0.540. The van der Waals surface area contributed by atoms with Gasteiger partial charge in [-0.1, -0.05) is 40.7 Å². The topological polar surface area (TPSA) is 63.4 Å². The summed E-state index contributed by atoms with van der Waals surface area (Å²) in [5.74, 6) is 0.771. The minimum absolute atomic E-state index is 0.210. The van der Waals surface area contributed by atoms with Gasteiger partial charge in [0.1, 0.15) is 0 Å². The Balaban J connectivity index is 2.74. The number of benzene rings is 1. The van der Waals surface area contributed by atoms with Gasteiger partial charge in [-0.25, -0.2) is 0 Å². The highest BCUT2D eigenvalue weighted by Gasteiger charge is 2.22. The zero-order valence-electron chi connectivity index (χ0n) is 13.0. The number of nitro groups is 1. The fourth-order valence-corrected chi connectivity index (χ4v) is 2.29. The molecule has 0 aliphatic rings. The second-order valence-corrected chi connectivity index (χ2v) is 6.89. The van der Waals surface area contributed by atoms with Crippen LogP contribution in [-0.4, -0.2) is 10.0 Å². The van der Waals surface area contributed by atoms with Crippen LogP contribution in [0.2, 0.25) is 0 Å². The summed E-state index contributed by atoms with van der Waals surface area (Å²) in [5, 5.41) is 20.3. The Hall–Kier alpha value is -1.58. The standard InChI is InChI=1S/C16H25NO3/c1-11(8-12(2)16(3,4)5)9-13-6-7-15(18)14(10-13)17(19)20/h6-7,10-12,18H,8-9H2,1-5H3/t11-,12?/m1/s1. The molecule has 0 aromatic heterocycles. The van der Waals surface area contributed by atoms with E-state index in [0.717, 1.165) is 18.4 Å². The van der Waals surface area contributed by atoms with Gasteiger partial charge in [-0.2, -0.15) is 0 Å². The van der Waals surface area contributed by atoms with E-state index in [1.807, 2.05) is 0 Å². The van der Waals surface area contributed by atoms with Crippen LogP contribution in [0.5, 0.6) is 5.75 Å². The van der Waals surface area contributed by atoms with Crippen molar-refractivity contribution in [1.82, 2.24) is 0 Å². The fraction of sp³-hybridized carbons (Fsp3) is 0.625. The zero-order valence-corrected chi connectivity index (χ0v) is 13.0. The molecule has 0 fully saturated rings. The summed E-state index contributed by atoms with van der Waals surface area (Å²) < 4.78 is 0. The number of hydrogen-bond donors (Lipinski definition) is 1. The van der Waals surface area contributed by atoms with Crippen molar-refractivity contribution in [2.24, 2.45) is 17.3 Å². The van der Waals surface area contributed by atoms with Crippen LogP contribution in [0.1, 0.15) is 46.6 Å². The lowest BCUT2D eigenvalue weighted by Gasteiger charge is -2.29. The molecule has 0 spiro atoms. The van der Waals surface area contributed by atoms with E-state index in [1.165, 1.54) is 12.1 Å². The number of phenolic OH excluding ortho intramolecular Hbond substituents is 1. The fourth-order valence-electron chi connectivity index (χ4n) is 2.29. The first kappa shape index (κ1) is 16.5. The third kappa shape index (κ3) is 4.51. The summed E-state index contributed by atoms with van der Waals surface area (Å²) in [6.07, 6.45) is 1.87. The smallest absolute Gasteiger partial charge is 0.310 e. The van der Waals surface area contributed by atoms with Crippen LogP contribution >= 0.6 is 0 Å². The average molecular weight is 279 g/mol. The highest BCUT2D eigenvalue weighted by Crippen LogP contribution is 2.33. The molecule has 0 saturated carbocycles. The van der Waals surface area contributed by atoms with Gasteiger partial charge >= 0.3 is 5.69 Å². The minimum Gasteiger partial charge on any atom is -0.502 e. The SMILES string of the molecule is CC(C[C@@H](C)Cc1ccc(O)c([N+](=O)[O-])c1)C(C)(C)C. The molecular weight excluding hydrogens is 254 g/mol. The van der Waals surface area contributed by atoms with E-state index < -0.39 is 4.92 Å². The molecule has 1 rings (SSSR count). The van der Waals surface area contributed by atoms with Crippen LogP contribution in [0, 0.1) is 27.4 Å². The summed E-state index contributed by atoms with van der Waals surface area (Å²) in [5.41, 5.74) is 0.969.